The molecule has 1 aliphatic rings. The molecule has 2 rings (SSSR count). The maximum atomic E-state index is 10.8. The summed E-state index contributed by atoms with van der Waals surface area (Å²) in [5.74, 6) is -0.266. The van der Waals surface area contributed by atoms with Crippen LogP contribution < -0.4 is 5.32 Å². The third-order valence-electron chi connectivity index (χ3n) is 1.90. The molecule has 5 N–H and O–H groups in total. The molecular weight excluding hydrogens is 276 g/mol. The molecule has 0 saturated carbocycles. The molecule has 9 heteroatoms. The second-order valence-electron chi connectivity index (χ2n) is 3.44. The van der Waals surface area contributed by atoms with Crippen LogP contribution in [0, 0.1) is 0 Å². The molecule has 0 unspecified atom stereocenters. The van der Waals surface area contributed by atoms with Crippen LogP contribution in [0.4, 0.5) is 5.82 Å². The summed E-state index contributed by atoms with van der Waals surface area (Å²) >= 11 is 0. The van der Waals surface area contributed by atoms with Gasteiger partial charge < -0.3 is 15.9 Å². The number of rotatable bonds is 1. The number of aromatic nitrogens is 1. The molecule has 0 saturated heterocycles. The van der Waals surface area contributed by atoms with Crippen LogP contribution in [-0.2, 0) is 14.9 Å². The third kappa shape index (κ3) is 5.95. The second-order valence-corrected chi connectivity index (χ2v) is 4.90. The van der Waals surface area contributed by atoms with Crippen molar-refractivity contribution in [3.05, 3.63) is 30.0 Å². The Morgan fingerprint density at radius 2 is 2.05 bits per heavy atom. The van der Waals surface area contributed by atoms with Crippen molar-refractivity contribution in [1.82, 2.24) is 4.98 Å². The van der Waals surface area contributed by atoms with Crippen molar-refractivity contribution in [1.29, 1.82) is 0 Å². The van der Waals surface area contributed by atoms with Gasteiger partial charge in [-0.15, -0.1) is 0 Å². The molecule has 0 radical (unpaired) electrons. The number of hydrogen-bond donors (Lipinski definition) is 3. The lowest BCUT2D eigenvalue weighted by Crippen LogP contribution is -2.13. The zero-order valence-corrected chi connectivity index (χ0v) is 10.8. The van der Waals surface area contributed by atoms with Gasteiger partial charge in [0.25, 0.3) is 10.1 Å². The minimum absolute atomic E-state index is 0. The van der Waals surface area contributed by atoms with E-state index in [0.29, 0.717) is 29.8 Å². The molecule has 0 bridgehead atoms. The average Bonchev–Trinajstić information content (AvgIpc) is 2.26. The van der Waals surface area contributed by atoms with Crippen molar-refractivity contribution >= 4 is 27.5 Å². The van der Waals surface area contributed by atoms with Crippen LogP contribution >= 0.6 is 0 Å². The monoisotopic (exact) mass is 290 g/mol. The Hall–Kier alpha value is -1.97. The number of nitrogens with zero attached hydrogens (tertiary/aromatic N) is 1. The Bertz CT molecular complexity index is 573. The third-order valence-corrected chi connectivity index (χ3v) is 1.90. The normalized spacial score (nSPS) is 12.6. The largest absolute Gasteiger partial charge is 0.478 e. The van der Waals surface area contributed by atoms with Gasteiger partial charge in [-0.3, -0.25) is 4.55 Å². The fourth-order valence-electron chi connectivity index (χ4n) is 1.33. The van der Waals surface area contributed by atoms with E-state index in [1.807, 2.05) is 0 Å². The summed E-state index contributed by atoms with van der Waals surface area (Å²) in [5.41, 5.74) is 0.975. The first-order chi connectivity index (χ1) is 8.29. The number of pyridine rings is 1. The molecule has 0 aromatic carbocycles. The van der Waals surface area contributed by atoms with Crippen LogP contribution in [0.1, 0.15) is 5.56 Å². The van der Waals surface area contributed by atoms with E-state index in [9.17, 15) is 13.2 Å². The van der Waals surface area contributed by atoms with Crippen molar-refractivity contribution < 1.29 is 28.3 Å². The van der Waals surface area contributed by atoms with E-state index in [2.05, 4.69) is 10.3 Å². The minimum Gasteiger partial charge on any atom is -0.478 e. The molecule has 0 atom stereocenters. The van der Waals surface area contributed by atoms with Gasteiger partial charge in [0, 0.05) is 18.3 Å². The van der Waals surface area contributed by atoms with Crippen LogP contribution in [0.25, 0.3) is 5.57 Å². The molecule has 0 amide bonds. The topological polar surface area (TPSA) is 148 Å². The molecule has 1 aliphatic heterocycles. The molecule has 19 heavy (non-hydrogen) atoms. The number of hydrogen-bond acceptors (Lipinski definition) is 5. The second kappa shape index (κ2) is 6.83. The van der Waals surface area contributed by atoms with E-state index in [-0.39, 0.29) is 5.48 Å². The van der Waals surface area contributed by atoms with Crippen molar-refractivity contribution in [3.8, 4) is 0 Å². The Morgan fingerprint density at radius 3 is 2.58 bits per heavy atom. The smallest absolute Gasteiger partial charge is 0.336 e. The zero-order chi connectivity index (χ0) is 13.8. The number of nitrogens with one attached hydrogen (secondary N) is 1. The van der Waals surface area contributed by atoms with E-state index in [0.717, 1.165) is 0 Å². The Balaban J connectivity index is 0.000000471. The highest BCUT2D eigenvalue weighted by Gasteiger charge is 2.17. The Kier molecular flexibility index (Phi) is 6.12. The molecule has 0 spiro atoms. The van der Waals surface area contributed by atoms with Crippen molar-refractivity contribution in [2.24, 2.45) is 0 Å². The molecule has 1 aromatic rings. The summed E-state index contributed by atoms with van der Waals surface area (Å²) < 4.78 is 25.9. The fourth-order valence-corrected chi connectivity index (χ4v) is 1.33. The quantitative estimate of drug-likeness (QED) is 0.599. The summed E-state index contributed by atoms with van der Waals surface area (Å²) in [6.45, 7) is 0.519. The molecule has 106 valence electrons. The Labute approximate surface area is 109 Å². The minimum atomic E-state index is -3.67. The summed E-state index contributed by atoms with van der Waals surface area (Å²) in [6.07, 6.45) is 4.00. The number of aliphatic carboxylic acids is 1. The van der Waals surface area contributed by atoms with Crippen molar-refractivity contribution in [2.45, 2.75) is 0 Å². The van der Waals surface area contributed by atoms with E-state index in [1.165, 1.54) is 0 Å². The van der Waals surface area contributed by atoms with Crippen LogP contribution in [-0.4, -0.2) is 47.3 Å². The molecule has 8 nitrogen and oxygen atoms in total. The molecule has 0 aliphatic carbocycles. The van der Waals surface area contributed by atoms with Crippen LogP contribution in [0.3, 0.4) is 0 Å². The SMILES string of the molecule is CS(=O)(=O)O.O.O=C(O)C1=CCNc2ncccc21. The molecule has 1 aromatic heterocycles. The predicted molar refractivity (Wildman–Crippen MR) is 69.4 cm³/mol. The lowest BCUT2D eigenvalue weighted by Gasteiger charge is -2.14. The number of carboxylic acids is 1. The van der Waals surface area contributed by atoms with Gasteiger partial charge in [-0.25, -0.2) is 9.78 Å². The van der Waals surface area contributed by atoms with Gasteiger partial charge in [0.15, 0.2) is 0 Å². The van der Waals surface area contributed by atoms with Gasteiger partial charge in [0.05, 0.1) is 11.8 Å². The summed E-state index contributed by atoms with van der Waals surface area (Å²) in [7, 11) is -3.67. The number of fused-ring (bicyclic) bond motifs is 1. The lowest BCUT2D eigenvalue weighted by molar-refractivity contribution is -0.130. The maximum Gasteiger partial charge on any atom is 0.336 e. The zero-order valence-electron chi connectivity index (χ0n) is 9.99. The van der Waals surface area contributed by atoms with Gasteiger partial charge in [-0.05, 0) is 12.1 Å². The molecule has 0 fully saturated rings. The van der Waals surface area contributed by atoms with Crippen molar-refractivity contribution in [3.63, 3.8) is 0 Å². The maximum absolute atomic E-state index is 10.8. The van der Waals surface area contributed by atoms with Gasteiger partial charge in [0.1, 0.15) is 5.82 Å². The highest BCUT2D eigenvalue weighted by atomic mass is 32.2. The first-order valence-corrected chi connectivity index (χ1v) is 6.69. The average molecular weight is 290 g/mol. The van der Waals surface area contributed by atoms with Crippen molar-refractivity contribution in [2.75, 3.05) is 18.1 Å². The fraction of sp³-hybridized carbons (Fsp3) is 0.200. The van der Waals surface area contributed by atoms with Crippen LogP contribution in [0.2, 0.25) is 0 Å². The van der Waals surface area contributed by atoms with E-state index in [1.54, 1.807) is 24.4 Å². The van der Waals surface area contributed by atoms with Gasteiger partial charge in [-0.2, -0.15) is 8.42 Å². The van der Waals surface area contributed by atoms with E-state index >= 15 is 0 Å². The standard InChI is InChI=1S/C9H8N2O2.CH4O3S.H2O/c12-9(13)7-3-5-11-8-6(7)2-1-4-10-8;1-5(2,3)4;/h1-4H,5H2,(H,10,11)(H,12,13);1H3,(H,2,3,4);1H2. The molecule has 2 heterocycles. The van der Waals surface area contributed by atoms with Gasteiger partial charge >= 0.3 is 5.97 Å². The number of anilines is 1. The first kappa shape index (κ1) is 17.0. The summed E-state index contributed by atoms with van der Waals surface area (Å²) in [4.78, 5) is 14.8. The summed E-state index contributed by atoms with van der Waals surface area (Å²) in [6, 6.07) is 3.47. The van der Waals surface area contributed by atoms with E-state index < -0.39 is 16.1 Å². The number of carboxylic acid groups (broad SMARTS) is 1. The molecular formula is C10H14N2O6S. The highest BCUT2D eigenvalue weighted by Crippen LogP contribution is 2.24. The highest BCUT2D eigenvalue weighted by molar-refractivity contribution is 7.85. The van der Waals surface area contributed by atoms with E-state index in [4.69, 9.17) is 9.66 Å². The van der Waals surface area contributed by atoms with Crippen LogP contribution in [0.5, 0.6) is 0 Å². The van der Waals surface area contributed by atoms with Gasteiger partial charge in [0.2, 0.25) is 0 Å². The van der Waals surface area contributed by atoms with Crippen LogP contribution in [0.15, 0.2) is 24.4 Å². The summed E-state index contributed by atoms with van der Waals surface area (Å²) in [5, 5.41) is 11.9. The predicted octanol–water partition coefficient (Wildman–Crippen LogP) is -0.346. The lowest BCUT2D eigenvalue weighted by atomic mass is 10.0. The van der Waals surface area contributed by atoms with Gasteiger partial charge in [-0.1, -0.05) is 6.08 Å². The first-order valence-electron chi connectivity index (χ1n) is 4.84. The Morgan fingerprint density at radius 1 is 1.47 bits per heavy atom. The number of carbonyl (C=O) groups is 1.